The van der Waals surface area contributed by atoms with Crippen LogP contribution in [0.25, 0.3) is 0 Å². The Balaban J connectivity index is 2.57. The van der Waals surface area contributed by atoms with E-state index in [2.05, 4.69) is 19.2 Å². The predicted octanol–water partition coefficient (Wildman–Crippen LogP) is 4.05. The number of benzene rings is 1. The minimum absolute atomic E-state index is 0.0662. The smallest absolute Gasteiger partial charge is 0.126 e. The summed E-state index contributed by atoms with van der Waals surface area (Å²) in [6, 6.07) is 7.17. The summed E-state index contributed by atoms with van der Waals surface area (Å²) >= 11 is 1.96. The molecule has 0 heterocycles. The standard InChI is InChI=1S/C15H24FNS/c1-3-17-12-13(8-7-11-18-4-2)14-9-5-6-10-15(14)16/h5-6,9-10,13,17H,3-4,7-8,11-12H2,1-2H3. The molecule has 0 saturated heterocycles. The van der Waals surface area contributed by atoms with Crippen molar-refractivity contribution in [3.05, 3.63) is 35.6 Å². The minimum Gasteiger partial charge on any atom is -0.316 e. The quantitative estimate of drug-likeness (QED) is 0.679. The van der Waals surface area contributed by atoms with Gasteiger partial charge >= 0.3 is 0 Å². The summed E-state index contributed by atoms with van der Waals surface area (Å²) in [5.74, 6) is 2.57. The van der Waals surface area contributed by atoms with Crippen LogP contribution in [0.1, 0.15) is 38.2 Å². The van der Waals surface area contributed by atoms with Crippen molar-refractivity contribution in [2.24, 2.45) is 0 Å². The maximum atomic E-state index is 13.8. The highest BCUT2D eigenvalue weighted by Gasteiger charge is 2.14. The molecule has 1 N–H and O–H groups in total. The van der Waals surface area contributed by atoms with E-state index in [0.29, 0.717) is 5.92 Å². The summed E-state index contributed by atoms with van der Waals surface area (Å²) in [7, 11) is 0. The van der Waals surface area contributed by atoms with E-state index in [1.165, 1.54) is 5.75 Å². The van der Waals surface area contributed by atoms with Crippen molar-refractivity contribution in [1.82, 2.24) is 5.32 Å². The first-order chi connectivity index (χ1) is 8.79. The van der Waals surface area contributed by atoms with Crippen LogP contribution in [-0.2, 0) is 0 Å². The zero-order chi connectivity index (χ0) is 13.2. The topological polar surface area (TPSA) is 12.0 Å². The van der Waals surface area contributed by atoms with E-state index >= 15 is 0 Å². The normalized spacial score (nSPS) is 12.6. The molecule has 0 aliphatic carbocycles. The van der Waals surface area contributed by atoms with Gasteiger partial charge in [-0.2, -0.15) is 11.8 Å². The largest absolute Gasteiger partial charge is 0.316 e. The van der Waals surface area contributed by atoms with Gasteiger partial charge in [0.25, 0.3) is 0 Å². The Morgan fingerprint density at radius 2 is 2.06 bits per heavy atom. The van der Waals surface area contributed by atoms with Gasteiger partial charge in [-0.25, -0.2) is 4.39 Å². The number of halogens is 1. The third-order valence-electron chi connectivity index (χ3n) is 3.03. The Labute approximate surface area is 115 Å². The molecule has 0 aromatic heterocycles. The fourth-order valence-electron chi connectivity index (χ4n) is 2.07. The van der Waals surface area contributed by atoms with Crippen LogP contribution in [0.4, 0.5) is 4.39 Å². The van der Waals surface area contributed by atoms with Crippen LogP contribution in [0.3, 0.4) is 0 Å². The fraction of sp³-hybridized carbons (Fsp3) is 0.600. The minimum atomic E-state index is -0.0662. The maximum absolute atomic E-state index is 13.8. The first-order valence-electron chi connectivity index (χ1n) is 6.82. The van der Waals surface area contributed by atoms with E-state index in [1.807, 2.05) is 23.9 Å². The summed E-state index contributed by atoms with van der Waals surface area (Å²) in [5, 5.41) is 3.34. The summed E-state index contributed by atoms with van der Waals surface area (Å²) in [4.78, 5) is 0. The molecule has 1 atom stereocenters. The first kappa shape index (κ1) is 15.5. The second-order valence-corrected chi connectivity index (χ2v) is 5.76. The van der Waals surface area contributed by atoms with Crippen molar-refractivity contribution in [1.29, 1.82) is 0 Å². The van der Waals surface area contributed by atoms with Gasteiger partial charge in [0.1, 0.15) is 5.82 Å². The SMILES string of the molecule is CCNCC(CCCSCC)c1ccccc1F. The van der Waals surface area contributed by atoms with Crippen LogP contribution in [-0.4, -0.2) is 24.6 Å². The number of hydrogen-bond acceptors (Lipinski definition) is 2. The van der Waals surface area contributed by atoms with E-state index in [0.717, 1.165) is 37.2 Å². The van der Waals surface area contributed by atoms with Gasteiger partial charge in [-0.15, -0.1) is 0 Å². The molecule has 0 radical (unpaired) electrons. The number of likely N-dealkylation sites (N-methyl/N-ethyl adjacent to an activating group) is 1. The molecule has 1 rings (SSSR count). The van der Waals surface area contributed by atoms with Crippen molar-refractivity contribution >= 4 is 11.8 Å². The zero-order valence-corrected chi connectivity index (χ0v) is 12.2. The van der Waals surface area contributed by atoms with E-state index in [-0.39, 0.29) is 5.82 Å². The number of nitrogens with one attached hydrogen (secondary N) is 1. The monoisotopic (exact) mass is 269 g/mol. The second kappa shape index (κ2) is 9.40. The average molecular weight is 269 g/mol. The van der Waals surface area contributed by atoms with Gasteiger partial charge in [-0.3, -0.25) is 0 Å². The average Bonchev–Trinajstić information content (AvgIpc) is 2.39. The number of hydrogen-bond donors (Lipinski definition) is 1. The molecule has 3 heteroatoms. The molecule has 1 nitrogen and oxygen atoms in total. The molecule has 1 unspecified atom stereocenters. The molecule has 102 valence electrons. The highest BCUT2D eigenvalue weighted by Crippen LogP contribution is 2.24. The first-order valence-corrected chi connectivity index (χ1v) is 7.97. The highest BCUT2D eigenvalue weighted by molar-refractivity contribution is 7.99. The van der Waals surface area contributed by atoms with E-state index < -0.39 is 0 Å². The van der Waals surface area contributed by atoms with Gasteiger partial charge in [-0.05, 0) is 48.4 Å². The molecule has 0 saturated carbocycles. The molecule has 1 aromatic carbocycles. The second-order valence-electron chi connectivity index (χ2n) is 4.37. The van der Waals surface area contributed by atoms with Gasteiger partial charge < -0.3 is 5.32 Å². The molecule has 18 heavy (non-hydrogen) atoms. The lowest BCUT2D eigenvalue weighted by Crippen LogP contribution is -2.22. The zero-order valence-electron chi connectivity index (χ0n) is 11.4. The predicted molar refractivity (Wildman–Crippen MR) is 79.9 cm³/mol. The molecule has 0 fully saturated rings. The fourth-order valence-corrected chi connectivity index (χ4v) is 2.73. The summed E-state index contributed by atoms with van der Waals surface area (Å²) in [6.07, 6.45) is 2.21. The van der Waals surface area contributed by atoms with Crippen molar-refractivity contribution in [2.75, 3.05) is 24.6 Å². The summed E-state index contributed by atoms with van der Waals surface area (Å²) in [5.41, 5.74) is 0.861. The van der Waals surface area contributed by atoms with Gasteiger partial charge in [0.05, 0.1) is 0 Å². The lowest BCUT2D eigenvalue weighted by Gasteiger charge is -2.18. The third kappa shape index (κ3) is 5.40. The van der Waals surface area contributed by atoms with Gasteiger partial charge in [0, 0.05) is 6.54 Å². The van der Waals surface area contributed by atoms with Crippen LogP contribution in [0.5, 0.6) is 0 Å². The van der Waals surface area contributed by atoms with Crippen LogP contribution >= 0.6 is 11.8 Å². The molecular weight excluding hydrogens is 245 g/mol. The van der Waals surface area contributed by atoms with Crippen molar-refractivity contribution in [3.63, 3.8) is 0 Å². The van der Waals surface area contributed by atoms with E-state index in [1.54, 1.807) is 12.1 Å². The molecule has 1 aromatic rings. The lowest BCUT2D eigenvalue weighted by molar-refractivity contribution is 0.520. The van der Waals surface area contributed by atoms with Crippen LogP contribution in [0.15, 0.2) is 24.3 Å². The lowest BCUT2D eigenvalue weighted by atomic mass is 9.94. The maximum Gasteiger partial charge on any atom is 0.126 e. The Morgan fingerprint density at radius 1 is 1.28 bits per heavy atom. The van der Waals surface area contributed by atoms with E-state index in [4.69, 9.17) is 0 Å². The molecular formula is C15H24FNS. The molecule has 0 spiro atoms. The Morgan fingerprint density at radius 3 is 2.72 bits per heavy atom. The molecule has 0 amide bonds. The third-order valence-corrected chi connectivity index (χ3v) is 4.02. The molecule has 0 aliphatic rings. The molecule has 0 aliphatic heterocycles. The van der Waals surface area contributed by atoms with Gasteiger partial charge in [0.2, 0.25) is 0 Å². The van der Waals surface area contributed by atoms with Crippen molar-refractivity contribution in [3.8, 4) is 0 Å². The van der Waals surface area contributed by atoms with E-state index in [9.17, 15) is 4.39 Å². The number of thioether (sulfide) groups is 1. The van der Waals surface area contributed by atoms with Gasteiger partial charge in [0.15, 0.2) is 0 Å². The van der Waals surface area contributed by atoms with Crippen LogP contribution in [0.2, 0.25) is 0 Å². The van der Waals surface area contributed by atoms with Gasteiger partial charge in [-0.1, -0.05) is 32.0 Å². The summed E-state index contributed by atoms with van der Waals surface area (Å²) < 4.78 is 13.8. The highest BCUT2D eigenvalue weighted by atomic mass is 32.2. The Kier molecular flexibility index (Phi) is 8.10. The summed E-state index contributed by atoms with van der Waals surface area (Å²) in [6.45, 7) is 6.08. The van der Waals surface area contributed by atoms with Crippen molar-refractivity contribution < 1.29 is 4.39 Å². The molecule has 0 bridgehead atoms. The van der Waals surface area contributed by atoms with Crippen LogP contribution < -0.4 is 5.32 Å². The Bertz CT molecular complexity index is 330. The number of rotatable bonds is 9. The van der Waals surface area contributed by atoms with Crippen molar-refractivity contribution in [2.45, 2.75) is 32.6 Å². The Hall–Kier alpha value is -0.540. The van der Waals surface area contributed by atoms with Crippen LogP contribution in [0, 0.1) is 5.82 Å².